The SMILES string of the molecule is C[C@H](CCC#N)[C@H]1CCC2C3C(=O)CC4C[C@H](O)CC[C@]4(C)C3CC[C@@]21C. The summed E-state index contributed by atoms with van der Waals surface area (Å²) in [5.41, 5.74) is 0.534. The van der Waals surface area contributed by atoms with Gasteiger partial charge in [0.1, 0.15) is 5.78 Å². The number of Topliss-reactive ketones (excluding diaryl/α,β-unsaturated/α-hetero) is 1. The molecule has 0 radical (unpaired) electrons. The molecular formula is C24H37NO2. The van der Waals surface area contributed by atoms with Crippen LogP contribution in [0.5, 0.6) is 0 Å². The van der Waals surface area contributed by atoms with Crippen molar-refractivity contribution in [2.24, 2.45) is 46.3 Å². The maximum Gasteiger partial charge on any atom is 0.136 e. The molecule has 150 valence electrons. The topological polar surface area (TPSA) is 61.1 Å². The number of nitrogens with zero attached hydrogens (tertiary/aromatic N) is 1. The van der Waals surface area contributed by atoms with E-state index in [2.05, 4.69) is 26.8 Å². The van der Waals surface area contributed by atoms with Crippen LogP contribution in [0.2, 0.25) is 0 Å². The molecule has 4 unspecified atom stereocenters. The molecule has 4 rings (SSSR count). The van der Waals surface area contributed by atoms with Crippen LogP contribution in [-0.2, 0) is 4.79 Å². The van der Waals surface area contributed by atoms with E-state index in [1.54, 1.807) is 0 Å². The summed E-state index contributed by atoms with van der Waals surface area (Å²) in [4.78, 5) is 13.3. The van der Waals surface area contributed by atoms with E-state index in [0.29, 0.717) is 48.2 Å². The summed E-state index contributed by atoms with van der Waals surface area (Å²) in [6.45, 7) is 7.25. The Kier molecular flexibility index (Phi) is 4.95. The lowest BCUT2D eigenvalue weighted by Gasteiger charge is -2.60. The van der Waals surface area contributed by atoms with Gasteiger partial charge in [-0.1, -0.05) is 20.8 Å². The summed E-state index contributed by atoms with van der Waals surface area (Å²) in [6.07, 6.45) is 9.90. The average Bonchev–Trinajstić information content (AvgIpc) is 2.98. The van der Waals surface area contributed by atoms with Gasteiger partial charge >= 0.3 is 0 Å². The Balaban J connectivity index is 1.59. The Morgan fingerprint density at radius 2 is 1.85 bits per heavy atom. The smallest absolute Gasteiger partial charge is 0.136 e. The standard InChI is InChI=1S/C24H37NO2/c1-15(5-4-12-25)18-6-7-19-22-20(9-11-24(18,19)3)23(2)10-8-17(26)13-16(23)14-21(22)27/h15-20,22,26H,4-11,13-14H2,1-3H3/t15-,16?,17-,18-,19?,20?,22?,23+,24-/m1/s1. The van der Waals surface area contributed by atoms with Crippen LogP contribution < -0.4 is 0 Å². The van der Waals surface area contributed by atoms with Gasteiger partial charge in [-0.05, 0) is 91.8 Å². The van der Waals surface area contributed by atoms with Gasteiger partial charge in [0, 0.05) is 18.8 Å². The lowest BCUT2D eigenvalue weighted by Crippen LogP contribution is -2.57. The largest absolute Gasteiger partial charge is 0.393 e. The van der Waals surface area contributed by atoms with Crippen molar-refractivity contribution in [1.82, 2.24) is 0 Å². The Morgan fingerprint density at radius 3 is 2.59 bits per heavy atom. The molecule has 0 heterocycles. The first-order chi connectivity index (χ1) is 12.8. The Bertz CT molecular complexity index is 639. The van der Waals surface area contributed by atoms with Gasteiger partial charge in [0.25, 0.3) is 0 Å². The van der Waals surface area contributed by atoms with E-state index in [9.17, 15) is 9.90 Å². The van der Waals surface area contributed by atoms with Gasteiger partial charge in [-0.25, -0.2) is 0 Å². The highest BCUT2D eigenvalue weighted by Crippen LogP contribution is 2.67. The quantitative estimate of drug-likeness (QED) is 0.748. The van der Waals surface area contributed by atoms with E-state index in [0.717, 1.165) is 25.7 Å². The number of carbonyl (C=O) groups is 1. The molecule has 0 aliphatic heterocycles. The molecule has 0 bridgehead atoms. The van der Waals surface area contributed by atoms with Crippen LogP contribution in [-0.4, -0.2) is 17.0 Å². The molecule has 0 saturated heterocycles. The van der Waals surface area contributed by atoms with Gasteiger partial charge in [-0.3, -0.25) is 4.79 Å². The van der Waals surface area contributed by atoms with Crippen LogP contribution in [0.25, 0.3) is 0 Å². The normalized spacial score (nSPS) is 50.3. The Hall–Kier alpha value is -0.880. The Labute approximate surface area is 164 Å². The third-order valence-corrected chi connectivity index (χ3v) is 9.91. The van der Waals surface area contributed by atoms with Crippen LogP contribution in [0.4, 0.5) is 0 Å². The second kappa shape index (κ2) is 6.87. The van der Waals surface area contributed by atoms with Crippen LogP contribution in [0, 0.1) is 57.7 Å². The lowest BCUT2D eigenvalue weighted by molar-refractivity contribution is -0.160. The van der Waals surface area contributed by atoms with E-state index in [-0.39, 0.29) is 22.9 Å². The molecule has 27 heavy (non-hydrogen) atoms. The summed E-state index contributed by atoms with van der Waals surface area (Å²) in [5.74, 6) is 3.49. The lowest BCUT2D eigenvalue weighted by atomic mass is 9.44. The van der Waals surface area contributed by atoms with Crippen molar-refractivity contribution in [3.8, 4) is 6.07 Å². The first-order valence-corrected chi connectivity index (χ1v) is 11.4. The Morgan fingerprint density at radius 1 is 1.15 bits per heavy atom. The molecule has 0 aromatic heterocycles. The minimum Gasteiger partial charge on any atom is -0.393 e. The fourth-order valence-electron chi connectivity index (χ4n) is 8.38. The molecule has 4 fully saturated rings. The molecule has 1 N–H and O–H groups in total. The highest BCUT2D eigenvalue weighted by molar-refractivity contribution is 5.83. The fourth-order valence-corrected chi connectivity index (χ4v) is 8.38. The zero-order chi connectivity index (χ0) is 19.4. The molecular weight excluding hydrogens is 334 g/mol. The third-order valence-electron chi connectivity index (χ3n) is 9.91. The maximum absolute atomic E-state index is 13.3. The monoisotopic (exact) mass is 371 g/mol. The first kappa shape index (κ1) is 19.4. The molecule has 3 nitrogen and oxygen atoms in total. The van der Waals surface area contributed by atoms with Gasteiger partial charge < -0.3 is 5.11 Å². The van der Waals surface area contributed by atoms with Gasteiger partial charge in [0.05, 0.1) is 12.2 Å². The predicted octanol–water partition coefficient (Wildman–Crippen LogP) is 5.13. The van der Waals surface area contributed by atoms with Crippen molar-refractivity contribution in [3.63, 3.8) is 0 Å². The second-order valence-electron chi connectivity index (χ2n) is 10.9. The predicted molar refractivity (Wildman–Crippen MR) is 106 cm³/mol. The van der Waals surface area contributed by atoms with Crippen LogP contribution >= 0.6 is 0 Å². The number of aliphatic hydroxyl groups excluding tert-OH is 1. The zero-order valence-electron chi connectivity index (χ0n) is 17.4. The van der Waals surface area contributed by atoms with Gasteiger partial charge in [-0.15, -0.1) is 0 Å². The highest BCUT2D eigenvalue weighted by Gasteiger charge is 2.62. The van der Waals surface area contributed by atoms with E-state index in [1.165, 1.54) is 25.7 Å². The average molecular weight is 372 g/mol. The van der Waals surface area contributed by atoms with E-state index >= 15 is 0 Å². The van der Waals surface area contributed by atoms with Crippen LogP contribution in [0.3, 0.4) is 0 Å². The third kappa shape index (κ3) is 2.89. The maximum atomic E-state index is 13.3. The van der Waals surface area contributed by atoms with E-state index < -0.39 is 0 Å². The molecule has 0 spiro atoms. The number of ketones is 1. The molecule has 4 saturated carbocycles. The van der Waals surface area contributed by atoms with Crippen molar-refractivity contribution >= 4 is 5.78 Å². The fraction of sp³-hybridized carbons (Fsp3) is 0.917. The van der Waals surface area contributed by atoms with Crippen molar-refractivity contribution in [2.45, 2.75) is 91.1 Å². The molecule has 9 atom stereocenters. The molecule has 0 amide bonds. The second-order valence-corrected chi connectivity index (χ2v) is 10.9. The number of aliphatic hydroxyl groups is 1. The molecule has 4 aliphatic carbocycles. The van der Waals surface area contributed by atoms with Crippen molar-refractivity contribution in [3.05, 3.63) is 0 Å². The highest BCUT2D eigenvalue weighted by atomic mass is 16.3. The van der Waals surface area contributed by atoms with Crippen LogP contribution in [0.1, 0.15) is 85.0 Å². The van der Waals surface area contributed by atoms with E-state index in [4.69, 9.17) is 5.26 Å². The zero-order valence-corrected chi connectivity index (χ0v) is 17.4. The number of hydrogen-bond acceptors (Lipinski definition) is 3. The summed E-state index contributed by atoms with van der Waals surface area (Å²) in [6, 6.07) is 2.32. The van der Waals surface area contributed by atoms with Crippen LogP contribution in [0.15, 0.2) is 0 Å². The molecule has 0 aromatic carbocycles. The molecule has 0 aromatic rings. The van der Waals surface area contributed by atoms with Crippen molar-refractivity contribution < 1.29 is 9.90 Å². The van der Waals surface area contributed by atoms with Crippen molar-refractivity contribution in [2.75, 3.05) is 0 Å². The summed E-state index contributed by atoms with van der Waals surface area (Å²) in [7, 11) is 0. The summed E-state index contributed by atoms with van der Waals surface area (Å²) < 4.78 is 0. The number of nitriles is 1. The van der Waals surface area contributed by atoms with Gasteiger partial charge in [0.15, 0.2) is 0 Å². The van der Waals surface area contributed by atoms with Gasteiger partial charge in [-0.2, -0.15) is 5.26 Å². The summed E-state index contributed by atoms with van der Waals surface area (Å²) in [5, 5.41) is 19.2. The minimum atomic E-state index is -0.196. The first-order valence-electron chi connectivity index (χ1n) is 11.4. The minimum absolute atomic E-state index is 0.196. The number of hydrogen-bond donors (Lipinski definition) is 1. The summed E-state index contributed by atoms with van der Waals surface area (Å²) >= 11 is 0. The van der Waals surface area contributed by atoms with Crippen molar-refractivity contribution in [1.29, 1.82) is 5.26 Å². The number of fused-ring (bicyclic) bond motifs is 5. The van der Waals surface area contributed by atoms with Gasteiger partial charge in [0.2, 0.25) is 0 Å². The number of rotatable bonds is 3. The molecule has 4 aliphatic rings. The number of carbonyl (C=O) groups excluding carboxylic acids is 1. The van der Waals surface area contributed by atoms with E-state index in [1.807, 2.05) is 0 Å². The molecule has 3 heteroatoms.